The van der Waals surface area contributed by atoms with Crippen molar-refractivity contribution in [2.75, 3.05) is 59.7 Å². The monoisotopic (exact) mass is 686 g/mol. The molecule has 48 heavy (non-hydrogen) atoms. The molecule has 1 amide bonds. The van der Waals surface area contributed by atoms with E-state index in [0.29, 0.717) is 11.8 Å². The summed E-state index contributed by atoms with van der Waals surface area (Å²) in [6, 6.07) is 7.17. The van der Waals surface area contributed by atoms with Gasteiger partial charge in [0.1, 0.15) is 11.6 Å². The lowest BCUT2D eigenvalue weighted by molar-refractivity contribution is 0.0169. The molecule has 6 rings (SSSR count). The van der Waals surface area contributed by atoms with Crippen LogP contribution in [0.25, 0.3) is 0 Å². The number of sulfonamides is 1. The number of alkyl carbamates (subject to hydrolysis) is 1. The Morgan fingerprint density at radius 3 is 2.38 bits per heavy atom. The van der Waals surface area contributed by atoms with E-state index in [1.807, 2.05) is 19.2 Å². The van der Waals surface area contributed by atoms with E-state index in [1.54, 1.807) is 17.4 Å². The Hall–Kier alpha value is -2.54. The molecule has 4 fully saturated rings. The summed E-state index contributed by atoms with van der Waals surface area (Å²) in [6.07, 6.45) is 13.6. The molecule has 12 heteroatoms. The van der Waals surface area contributed by atoms with Gasteiger partial charge < -0.3 is 24.4 Å². The standard InChI is InChI=1S/C36H55FN6O4S/c1-26-38-17-20-43(26)36(30-7-5-8-31(37)21-30,33-9-6-10-34(33)39-35(44)47-3)29-15-18-41(19-16-29)23-28-24-42(25-28)22-27-11-13-32(14-12-27)40(2)48(4,45)46/h5,7-8,17,20-21,27-29,32-34H,6,9-16,18-19,22-25H2,1-4H3,(H,39,44)/t27?,32?,33-,34-,36?/m0/s1. The van der Waals surface area contributed by atoms with E-state index in [2.05, 4.69) is 36.9 Å². The lowest BCUT2D eigenvalue weighted by atomic mass is 9.64. The number of halogens is 1. The minimum absolute atomic E-state index is 0.0601. The Morgan fingerprint density at radius 1 is 1.04 bits per heavy atom. The Kier molecular flexibility index (Phi) is 10.8. The maximum Gasteiger partial charge on any atom is 0.407 e. The van der Waals surface area contributed by atoms with Crippen LogP contribution in [0.15, 0.2) is 36.7 Å². The van der Waals surface area contributed by atoms with E-state index < -0.39 is 21.7 Å². The molecule has 2 aliphatic carbocycles. The van der Waals surface area contributed by atoms with Crippen LogP contribution >= 0.6 is 0 Å². The van der Waals surface area contributed by atoms with Crippen LogP contribution < -0.4 is 5.32 Å². The zero-order chi connectivity index (χ0) is 34.1. The number of imidazole rings is 1. The first-order valence-electron chi connectivity index (χ1n) is 18.0. The van der Waals surface area contributed by atoms with E-state index in [0.717, 1.165) is 108 Å². The second-order valence-electron chi connectivity index (χ2n) is 15.1. The molecule has 0 radical (unpaired) electrons. The summed E-state index contributed by atoms with van der Waals surface area (Å²) in [5.41, 5.74) is 0.400. The van der Waals surface area contributed by atoms with Crippen molar-refractivity contribution in [1.29, 1.82) is 0 Å². The number of ether oxygens (including phenoxy) is 1. The molecule has 266 valence electrons. The SMILES string of the molecule is COC(=O)N[C@H]1CCC[C@@H]1C(c1cccc(F)c1)(C1CCN(CC2CN(CC3CCC(N(C)S(C)(=O)=O)CC3)C2)CC1)n1ccnc1C. The van der Waals surface area contributed by atoms with Crippen molar-refractivity contribution in [3.8, 4) is 0 Å². The lowest BCUT2D eigenvalue weighted by Crippen LogP contribution is -2.58. The van der Waals surface area contributed by atoms with Crippen LogP contribution in [0.2, 0.25) is 0 Å². The Bertz CT molecular complexity index is 1500. The highest BCUT2D eigenvalue weighted by molar-refractivity contribution is 7.88. The minimum atomic E-state index is -3.13. The third-order valence-corrected chi connectivity index (χ3v) is 13.6. The van der Waals surface area contributed by atoms with Crippen LogP contribution in [-0.4, -0.2) is 110 Å². The van der Waals surface area contributed by atoms with Crippen molar-refractivity contribution >= 4 is 16.1 Å². The number of benzene rings is 1. The summed E-state index contributed by atoms with van der Waals surface area (Å²) in [7, 11) is -0.00612. The summed E-state index contributed by atoms with van der Waals surface area (Å²) in [6.45, 7) is 8.50. The van der Waals surface area contributed by atoms with E-state index in [4.69, 9.17) is 4.74 Å². The number of methoxy groups -OCH3 is 1. The van der Waals surface area contributed by atoms with Gasteiger partial charge in [-0.05, 0) is 107 Å². The number of rotatable bonds is 11. The number of piperidine rings is 1. The Labute approximate surface area is 286 Å². The summed E-state index contributed by atoms with van der Waals surface area (Å²) in [4.78, 5) is 22.4. The largest absolute Gasteiger partial charge is 0.453 e. The second kappa shape index (κ2) is 14.7. The van der Waals surface area contributed by atoms with Crippen molar-refractivity contribution in [2.45, 2.75) is 82.3 Å². The molecule has 4 aliphatic rings. The third-order valence-electron chi connectivity index (χ3n) is 12.2. The van der Waals surface area contributed by atoms with Crippen LogP contribution in [-0.2, 0) is 20.3 Å². The van der Waals surface area contributed by atoms with Crippen LogP contribution in [0.1, 0.15) is 69.2 Å². The molecular weight excluding hydrogens is 631 g/mol. The normalized spacial score (nSPS) is 27.9. The molecule has 2 aromatic rings. The van der Waals surface area contributed by atoms with Crippen molar-refractivity contribution in [1.82, 2.24) is 29.0 Å². The van der Waals surface area contributed by atoms with Gasteiger partial charge in [0, 0.05) is 63.6 Å². The van der Waals surface area contributed by atoms with Crippen LogP contribution in [0.4, 0.5) is 9.18 Å². The fourth-order valence-electron chi connectivity index (χ4n) is 9.83. The summed E-state index contributed by atoms with van der Waals surface area (Å²) < 4.78 is 47.8. The van der Waals surface area contributed by atoms with Gasteiger partial charge in [0.2, 0.25) is 10.0 Å². The van der Waals surface area contributed by atoms with E-state index in [9.17, 15) is 13.2 Å². The number of nitrogens with one attached hydrogen (secondary N) is 1. The zero-order valence-corrected chi connectivity index (χ0v) is 30.0. The fraction of sp³-hybridized carbons (Fsp3) is 0.722. The maximum absolute atomic E-state index is 15.0. The number of aryl methyl sites for hydroxylation is 1. The number of likely N-dealkylation sites (tertiary alicyclic amines) is 2. The first-order chi connectivity index (χ1) is 23.0. The van der Waals surface area contributed by atoms with Crippen molar-refractivity contribution in [2.24, 2.45) is 23.7 Å². The Balaban J connectivity index is 1.10. The first-order valence-corrected chi connectivity index (χ1v) is 19.8. The average molecular weight is 687 g/mol. The van der Waals surface area contributed by atoms with Gasteiger partial charge in [-0.2, -0.15) is 0 Å². The topological polar surface area (TPSA) is 100 Å². The predicted octanol–water partition coefficient (Wildman–Crippen LogP) is 4.69. The van der Waals surface area contributed by atoms with Gasteiger partial charge in [-0.25, -0.2) is 26.9 Å². The number of hydrogen-bond donors (Lipinski definition) is 1. The van der Waals surface area contributed by atoms with Crippen molar-refractivity contribution in [3.63, 3.8) is 0 Å². The highest BCUT2D eigenvalue weighted by Crippen LogP contribution is 2.52. The molecule has 1 aromatic heterocycles. The highest BCUT2D eigenvalue weighted by atomic mass is 32.2. The Morgan fingerprint density at radius 2 is 1.75 bits per heavy atom. The van der Waals surface area contributed by atoms with Gasteiger partial charge in [0.15, 0.2) is 0 Å². The molecule has 3 atom stereocenters. The van der Waals surface area contributed by atoms with E-state index in [1.165, 1.54) is 19.4 Å². The number of nitrogens with zero attached hydrogens (tertiary/aromatic N) is 5. The molecule has 2 saturated carbocycles. The lowest BCUT2D eigenvalue weighted by Gasteiger charge is -2.52. The number of carbonyl (C=O) groups excluding carboxylic acids is 1. The number of hydrogen-bond acceptors (Lipinski definition) is 7. The first kappa shape index (κ1) is 35.3. The maximum atomic E-state index is 15.0. The van der Waals surface area contributed by atoms with Gasteiger partial charge in [0.25, 0.3) is 0 Å². The smallest absolute Gasteiger partial charge is 0.407 e. The van der Waals surface area contributed by atoms with Gasteiger partial charge in [0.05, 0.1) is 18.9 Å². The molecule has 10 nitrogen and oxygen atoms in total. The third kappa shape index (κ3) is 7.32. The number of aromatic nitrogens is 2. The molecule has 0 bridgehead atoms. The molecule has 1 N–H and O–H groups in total. The summed E-state index contributed by atoms with van der Waals surface area (Å²) in [5, 5.41) is 3.15. The molecule has 1 unspecified atom stereocenters. The molecule has 3 heterocycles. The number of carbonyl (C=O) groups is 1. The summed E-state index contributed by atoms with van der Waals surface area (Å²) >= 11 is 0. The molecule has 1 aromatic carbocycles. The quantitative estimate of drug-likeness (QED) is 0.366. The van der Waals surface area contributed by atoms with Crippen LogP contribution in [0, 0.1) is 36.4 Å². The van der Waals surface area contributed by atoms with Crippen molar-refractivity contribution < 1.29 is 22.3 Å². The second-order valence-corrected chi connectivity index (χ2v) is 17.1. The van der Waals surface area contributed by atoms with Gasteiger partial charge in [-0.15, -0.1) is 0 Å². The summed E-state index contributed by atoms with van der Waals surface area (Å²) in [5.74, 6) is 2.28. The van der Waals surface area contributed by atoms with Crippen LogP contribution in [0.5, 0.6) is 0 Å². The highest BCUT2D eigenvalue weighted by Gasteiger charge is 2.54. The van der Waals surface area contributed by atoms with E-state index >= 15 is 4.39 Å². The number of amides is 1. The molecule has 2 saturated heterocycles. The molecular formula is C36H55FN6O4S. The van der Waals surface area contributed by atoms with Gasteiger partial charge in [-0.1, -0.05) is 18.6 Å². The molecule has 0 spiro atoms. The minimum Gasteiger partial charge on any atom is -0.453 e. The zero-order valence-electron chi connectivity index (χ0n) is 29.2. The van der Waals surface area contributed by atoms with Crippen molar-refractivity contribution in [3.05, 3.63) is 53.9 Å². The van der Waals surface area contributed by atoms with Crippen LogP contribution in [0.3, 0.4) is 0 Å². The van der Waals surface area contributed by atoms with Gasteiger partial charge >= 0.3 is 6.09 Å². The average Bonchev–Trinajstić information content (AvgIpc) is 3.70. The molecule has 2 aliphatic heterocycles. The van der Waals surface area contributed by atoms with E-state index in [-0.39, 0.29) is 29.7 Å². The van der Waals surface area contributed by atoms with Gasteiger partial charge in [-0.3, -0.25) is 0 Å². The predicted molar refractivity (Wildman–Crippen MR) is 185 cm³/mol. The fourth-order valence-corrected chi connectivity index (χ4v) is 10.6.